The van der Waals surface area contributed by atoms with Crippen LogP contribution >= 0.6 is 27.3 Å². The lowest BCUT2D eigenvalue weighted by Gasteiger charge is -2.07. The number of nitrogens with one attached hydrogen (secondary N) is 1. The van der Waals surface area contributed by atoms with Crippen LogP contribution in [-0.4, -0.2) is 16.8 Å². The molecule has 0 aliphatic rings. The van der Waals surface area contributed by atoms with E-state index in [0.29, 0.717) is 27.8 Å². The largest absolute Gasteiger partial charge is 0.439 e. The number of carbonyl (C=O) groups excluding carboxylic acids is 2. The second kappa shape index (κ2) is 7.89. The smallest absolute Gasteiger partial charge is 0.257 e. The van der Waals surface area contributed by atoms with Crippen LogP contribution in [0, 0.1) is 13.8 Å². The molecule has 2 heterocycles. The summed E-state index contributed by atoms with van der Waals surface area (Å²) in [5.41, 5.74) is 6.89. The Bertz CT molecular complexity index is 1020. The highest BCUT2D eigenvalue weighted by Crippen LogP contribution is 2.32. The van der Waals surface area contributed by atoms with Crippen LogP contribution in [0.3, 0.4) is 0 Å². The van der Waals surface area contributed by atoms with Crippen molar-refractivity contribution in [2.24, 2.45) is 5.73 Å². The summed E-state index contributed by atoms with van der Waals surface area (Å²) in [7, 11) is 0. The maximum Gasteiger partial charge on any atom is 0.257 e. The predicted molar refractivity (Wildman–Crippen MR) is 109 cm³/mol. The molecule has 0 saturated heterocycles. The van der Waals surface area contributed by atoms with Crippen LogP contribution in [-0.2, 0) is 0 Å². The van der Waals surface area contributed by atoms with E-state index in [4.69, 9.17) is 10.5 Å². The molecule has 6 nitrogen and oxygen atoms in total. The maximum atomic E-state index is 12.5. The fourth-order valence-electron chi connectivity index (χ4n) is 2.41. The first-order valence-corrected chi connectivity index (χ1v) is 9.56. The van der Waals surface area contributed by atoms with E-state index in [1.54, 1.807) is 25.1 Å². The van der Waals surface area contributed by atoms with Crippen LogP contribution in [0.25, 0.3) is 0 Å². The molecule has 0 aliphatic heterocycles. The van der Waals surface area contributed by atoms with E-state index in [1.165, 1.54) is 17.5 Å². The van der Waals surface area contributed by atoms with Gasteiger partial charge in [0.2, 0.25) is 5.88 Å². The lowest BCUT2D eigenvalue weighted by atomic mass is 10.1. The number of hydrogen-bond acceptors (Lipinski definition) is 5. The Morgan fingerprint density at radius 2 is 2.00 bits per heavy atom. The molecule has 1 aromatic carbocycles. The third-order valence-electron chi connectivity index (χ3n) is 3.88. The lowest BCUT2D eigenvalue weighted by molar-refractivity contribution is 0.100. The Balaban J connectivity index is 1.75. The summed E-state index contributed by atoms with van der Waals surface area (Å²) in [4.78, 5) is 29.2. The van der Waals surface area contributed by atoms with Crippen molar-refractivity contribution >= 4 is 44.1 Å². The Hall–Kier alpha value is -2.71. The van der Waals surface area contributed by atoms with Crippen molar-refractivity contribution in [3.8, 4) is 11.6 Å². The van der Waals surface area contributed by atoms with Crippen LogP contribution in [0.1, 0.15) is 31.2 Å². The molecule has 3 N–H and O–H groups in total. The van der Waals surface area contributed by atoms with Crippen molar-refractivity contribution in [2.75, 3.05) is 5.32 Å². The van der Waals surface area contributed by atoms with Gasteiger partial charge in [0.15, 0.2) is 0 Å². The molecular formula is C19H16BrN3O3S. The van der Waals surface area contributed by atoms with E-state index in [0.717, 1.165) is 14.9 Å². The second-order valence-electron chi connectivity index (χ2n) is 5.75. The van der Waals surface area contributed by atoms with Gasteiger partial charge in [-0.25, -0.2) is 4.98 Å². The highest BCUT2D eigenvalue weighted by molar-refractivity contribution is 9.10. The maximum absolute atomic E-state index is 12.5. The number of hydrogen-bond donors (Lipinski definition) is 2. The van der Waals surface area contributed by atoms with Gasteiger partial charge in [-0.2, -0.15) is 0 Å². The number of aromatic nitrogens is 1. The minimum absolute atomic E-state index is 0.341. The summed E-state index contributed by atoms with van der Waals surface area (Å²) in [5.74, 6) is 0.0540. The molecule has 0 unspecified atom stereocenters. The molecule has 138 valence electrons. The Morgan fingerprint density at radius 3 is 2.63 bits per heavy atom. The fourth-order valence-corrected chi connectivity index (χ4v) is 3.85. The van der Waals surface area contributed by atoms with Gasteiger partial charge in [-0.3, -0.25) is 9.59 Å². The molecule has 0 saturated carbocycles. The molecule has 0 radical (unpaired) electrons. The number of benzene rings is 1. The fraction of sp³-hybridized carbons (Fsp3) is 0.105. The first-order chi connectivity index (χ1) is 12.8. The first kappa shape index (κ1) is 19.1. The summed E-state index contributed by atoms with van der Waals surface area (Å²) in [6.07, 6.45) is 1.42. The van der Waals surface area contributed by atoms with E-state index >= 15 is 0 Å². The van der Waals surface area contributed by atoms with Crippen LogP contribution in [0.4, 0.5) is 5.00 Å². The highest BCUT2D eigenvalue weighted by atomic mass is 79.9. The third-order valence-corrected chi connectivity index (χ3v) is 5.49. The Kier molecular flexibility index (Phi) is 5.57. The van der Waals surface area contributed by atoms with Crippen molar-refractivity contribution < 1.29 is 14.3 Å². The molecule has 0 bridgehead atoms. The zero-order valence-corrected chi connectivity index (χ0v) is 17.0. The standard InChI is InChI=1S/C19H16BrN3O3S/c1-10-11(2)27-19(16(10)17(21)24)23-18(25)12-6-7-15(22-9-12)26-14-5-3-4-13(20)8-14/h3-9H,1-2H3,(H2,21,24)(H,23,25). The number of rotatable bonds is 5. The lowest BCUT2D eigenvalue weighted by Crippen LogP contribution is -2.17. The van der Waals surface area contributed by atoms with Gasteiger partial charge >= 0.3 is 0 Å². The zero-order valence-electron chi connectivity index (χ0n) is 14.6. The van der Waals surface area contributed by atoms with Crippen LogP contribution in [0.5, 0.6) is 11.6 Å². The number of anilines is 1. The van der Waals surface area contributed by atoms with Gasteiger partial charge in [-0.1, -0.05) is 22.0 Å². The second-order valence-corrected chi connectivity index (χ2v) is 7.89. The number of nitrogens with zero attached hydrogens (tertiary/aromatic N) is 1. The van der Waals surface area contributed by atoms with E-state index in [1.807, 2.05) is 25.1 Å². The normalized spacial score (nSPS) is 10.5. The highest BCUT2D eigenvalue weighted by Gasteiger charge is 2.19. The molecule has 27 heavy (non-hydrogen) atoms. The molecule has 2 amide bonds. The molecule has 0 fully saturated rings. The summed E-state index contributed by atoms with van der Waals surface area (Å²) >= 11 is 4.69. The van der Waals surface area contributed by atoms with E-state index in [-0.39, 0.29) is 5.91 Å². The van der Waals surface area contributed by atoms with Crippen molar-refractivity contribution in [3.05, 3.63) is 68.6 Å². The van der Waals surface area contributed by atoms with Gasteiger partial charge in [0.1, 0.15) is 10.8 Å². The molecule has 2 aromatic heterocycles. The number of ether oxygens (including phenoxy) is 1. The minimum Gasteiger partial charge on any atom is -0.439 e. The van der Waals surface area contributed by atoms with E-state index in [2.05, 4.69) is 26.2 Å². The average Bonchev–Trinajstić information content (AvgIpc) is 2.89. The third kappa shape index (κ3) is 4.35. The number of primary amides is 1. The SMILES string of the molecule is Cc1sc(NC(=O)c2ccc(Oc3cccc(Br)c3)nc2)c(C(N)=O)c1C. The number of carbonyl (C=O) groups is 2. The molecule has 8 heteroatoms. The van der Waals surface area contributed by atoms with Crippen molar-refractivity contribution in [2.45, 2.75) is 13.8 Å². The van der Waals surface area contributed by atoms with Gasteiger partial charge in [-0.05, 0) is 43.7 Å². The van der Waals surface area contributed by atoms with Crippen LogP contribution in [0.15, 0.2) is 47.1 Å². The van der Waals surface area contributed by atoms with Gasteiger partial charge < -0.3 is 15.8 Å². The molecule has 0 aliphatic carbocycles. The van der Waals surface area contributed by atoms with Crippen LogP contribution in [0.2, 0.25) is 0 Å². The monoisotopic (exact) mass is 445 g/mol. The number of nitrogens with two attached hydrogens (primary N) is 1. The van der Waals surface area contributed by atoms with Crippen molar-refractivity contribution in [3.63, 3.8) is 0 Å². The van der Waals surface area contributed by atoms with Crippen LogP contribution < -0.4 is 15.8 Å². The summed E-state index contributed by atoms with van der Waals surface area (Å²) in [5, 5.41) is 3.18. The summed E-state index contributed by atoms with van der Waals surface area (Å²) < 4.78 is 6.54. The van der Waals surface area contributed by atoms with Gasteiger partial charge in [-0.15, -0.1) is 11.3 Å². The minimum atomic E-state index is -0.567. The zero-order chi connectivity index (χ0) is 19.6. The average molecular weight is 446 g/mol. The van der Waals surface area contributed by atoms with Crippen molar-refractivity contribution in [1.82, 2.24) is 4.98 Å². The number of halogens is 1. The Morgan fingerprint density at radius 1 is 1.22 bits per heavy atom. The number of thiophene rings is 1. The summed E-state index contributed by atoms with van der Waals surface area (Å²) in [6, 6.07) is 10.6. The number of aryl methyl sites for hydroxylation is 1. The van der Waals surface area contributed by atoms with E-state index < -0.39 is 5.91 Å². The van der Waals surface area contributed by atoms with Gasteiger partial charge in [0.05, 0.1) is 11.1 Å². The number of amides is 2. The van der Waals surface area contributed by atoms with Gasteiger partial charge in [0.25, 0.3) is 11.8 Å². The molecular weight excluding hydrogens is 430 g/mol. The predicted octanol–water partition coefficient (Wildman–Crippen LogP) is 4.67. The molecule has 0 atom stereocenters. The topological polar surface area (TPSA) is 94.3 Å². The molecule has 3 rings (SSSR count). The first-order valence-electron chi connectivity index (χ1n) is 7.95. The van der Waals surface area contributed by atoms with E-state index in [9.17, 15) is 9.59 Å². The summed E-state index contributed by atoms with van der Waals surface area (Å²) in [6.45, 7) is 3.68. The van der Waals surface area contributed by atoms with Crippen molar-refractivity contribution in [1.29, 1.82) is 0 Å². The molecule has 3 aromatic rings. The van der Waals surface area contributed by atoms with Gasteiger partial charge in [0, 0.05) is 21.6 Å². The Labute approximate surface area is 168 Å². The number of pyridine rings is 1. The quantitative estimate of drug-likeness (QED) is 0.596. The molecule has 0 spiro atoms.